The highest BCUT2D eigenvalue weighted by Gasteiger charge is 2.32. The van der Waals surface area contributed by atoms with Crippen LogP contribution in [-0.4, -0.2) is 22.9 Å². The standard InChI is InChI=1S/C9H9F6N3/c10-8(11,12)4-1-5-16-7-3-2-6(17-18-7)9(13,14)15/h2-3H,1,4-5H2,(H,16,18). The Balaban J connectivity index is 2.41. The molecule has 1 N–H and O–H groups in total. The second kappa shape index (κ2) is 5.40. The molecular formula is C9H9F6N3. The first-order valence-corrected chi connectivity index (χ1v) is 4.90. The fraction of sp³-hybridized carbons (Fsp3) is 0.556. The minimum atomic E-state index is -4.58. The fourth-order valence-corrected chi connectivity index (χ4v) is 1.08. The number of aromatic nitrogens is 2. The van der Waals surface area contributed by atoms with Crippen molar-refractivity contribution in [3.63, 3.8) is 0 Å². The van der Waals surface area contributed by atoms with Gasteiger partial charge in [0.1, 0.15) is 5.82 Å². The van der Waals surface area contributed by atoms with Crippen LogP contribution in [0.4, 0.5) is 32.2 Å². The van der Waals surface area contributed by atoms with Crippen molar-refractivity contribution in [1.29, 1.82) is 0 Å². The Morgan fingerprint density at radius 3 is 2.11 bits per heavy atom. The SMILES string of the molecule is FC(F)(F)CCCNc1ccc(C(F)(F)F)nn1. The minimum absolute atomic E-state index is 0.00479. The van der Waals surface area contributed by atoms with Crippen LogP contribution in [0.3, 0.4) is 0 Å². The van der Waals surface area contributed by atoms with E-state index in [1.54, 1.807) is 0 Å². The lowest BCUT2D eigenvalue weighted by atomic mass is 10.3. The summed E-state index contributed by atoms with van der Waals surface area (Å²) in [4.78, 5) is 0. The molecule has 0 bridgehead atoms. The Bertz CT molecular complexity index is 369. The van der Waals surface area contributed by atoms with Gasteiger partial charge in [0.2, 0.25) is 0 Å². The van der Waals surface area contributed by atoms with Crippen LogP contribution in [0.15, 0.2) is 12.1 Å². The summed E-state index contributed by atoms with van der Waals surface area (Å²) in [6.07, 6.45) is -9.98. The third-order valence-electron chi connectivity index (χ3n) is 1.90. The summed E-state index contributed by atoms with van der Waals surface area (Å²) in [5, 5.41) is 8.59. The lowest BCUT2D eigenvalue weighted by molar-refractivity contribution is -0.141. The Kier molecular flexibility index (Phi) is 4.36. The molecule has 0 radical (unpaired) electrons. The number of halogens is 6. The van der Waals surface area contributed by atoms with Crippen LogP contribution in [0.25, 0.3) is 0 Å². The van der Waals surface area contributed by atoms with Gasteiger partial charge in [-0.3, -0.25) is 0 Å². The molecule has 1 aromatic heterocycles. The topological polar surface area (TPSA) is 37.8 Å². The molecule has 3 nitrogen and oxygen atoms in total. The Hall–Kier alpha value is -1.54. The average Bonchev–Trinajstić information content (AvgIpc) is 2.22. The van der Waals surface area contributed by atoms with Gasteiger partial charge < -0.3 is 5.32 Å². The van der Waals surface area contributed by atoms with E-state index in [0.29, 0.717) is 6.07 Å². The number of alkyl halides is 6. The predicted octanol–water partition coefficient (Wildman–Crippen LogP) is 3.25. The van der Waals surface area contributed by atoms with Crippen LogP contribution >= 0.6 is 0 Å². The molecule has 0 fully saturated rings. The van der Waals surface area contributed by atoms with E-state index in [0.717, 1.165) is 6.07 Å². The summed E-state index contributed by atoms with van der Waals surface area (Å²) in [7, 11) is 0. The van der Waals surface area contributed by atoms with Crippen LogP contribution in [0, 0.1) is 0 Å². The summed E-state index contributed by atoms with van der Waals surface area (Å²) in [5.74, 6) is 0.00479. The zero-order valence-electron chi connectivity index (χ0n) is 8.94. The number of hydrogen-bond acceptors (Lipinski definition) is 3. The lowest BCUT2D eigenvalue weighted by Gasteiger charge is -2.08. The zero-order valence-corrected chi connectivity index (χ0v) is 8.94. The van der Waals surface area contributed by atoms with Crippen LogP contribution < -0.4 is 5.32 Å². The van der Waals surface area contributed by atoms with E-state index in [2.05, 4.69) is 15.5 Å². The van der Waals surface area contributed by atoms with Gasteiger partial charge in [-0.05, 0) is 18.6 Å². The van der Waals surface area contributed by atoms with Gasteiger partial charge in [-0.15, -0.1) is 10.2 Å². The normalized spacial score (nSPS) is 12.6. The summed E-state index contributed by atoms with van der Waals surface area (Å²) in [6, 6.07) is 1.72. The Morgan fingerprint density at radius 2 is 1.67 bits per heavy atom. The van der Waals surface area contributed by atoms with Crippen molar-refractivity contribution in [1.82, 2.24) is 10.2 Å². The van der Waals surface area contributed by atoms with E-state index < -0.39 is 24.5 Å². The molecule has 0 spiro atoms. The summed E-state index contributed by atoms with van der Waals surface area (Å²) in [6.45, 7) is -0.0421. The molecule has 0 unspecified atom stereocenters. The average molecular weight is 273 g/mol. The number of nitrogens with one attached hydrogen (secondary N) is 1. The molecule has 0 aliphatic heterocycles. The first-order valence-electron chi connectivity index (χ1n) is 4.90. The van der Waals surface area contributed by atoms with Gasteiger partial charge >= 0.3 is 12.4 Å². The van der Waals surface area contributed by atoms with Crippen molar-refractivity contribution < 1.29 is 26.3 Å². The maximum Gasteiger partial charge on any atom is 0.435 e. The molecule has 1 heterocycles. The second-order valence-corrected chi connectivity index (χ2v) is 3.45. The van der Waals surface area contributed by atoms with Crippen molar-refractivity contribution in [2.75, 3.05) is 11.9 Å². The molecule has 18 heavy (non-hydrogen) atoms. The number of rotatable bonds is 4. The van der Waals surface area contributed by atoms with Crippen molar-refractivity contribution in [3.8, 4) is 0 Å². The molecule has 0 saturated carbocycles. The lowest BCUT2D eigenvalue weighted by Crippen LogP contribution is -2.13. The fourth-order valence-electron chi connectivity index (χ4n) is 1.08. The molecule has 0 atom stereocenters. The van der Waals surface area contributed by atoms with E-state index in [-0.39, 0.29) is 18.8 Å². The zero-order chi connectivity index (χ0) is 13.8. The van der Waals surface area contributed by atoms with Crippen LogP contribution in [-0.2, 0) is 6.18 Å². The van der Waals surface area contributed by atoms with Crippen molar-refractivity contribution in [3.05, 3.63) is 17.8 Å². The molecule has 0 saturated heterocycles. The number of nitrogens with zero attached hydrogens (tertiary/aromatic N) is 2. The molecule has 1 rings (SSSR count). The van der Waals surface area contributed by atoms with E-state index in [9.17, 15) is 26.3 Å². The van der Waals surface area contributed by atoms with Gasteiger partial charge in [0, 0.05) is 13.0 Å². The summed E-state index contributed by atoms with van der Waals surface area (Å²) in [5.41, 5.74) is -1.15. The molecular weight excluding hydrogens is 264 g/mol. The van der Waals surface area contributed by atoms with Crippen LogP contribution in [0.1, 0.15) is 18.5 Å². The molecule has 1 aromatic rings. The molecule has 0 aliphatic carbocycles. The van der Waals surface area contributed by atoms with Gasteiger partial charge in [-0.1, -0.05) is 0 Å². The van der Waals surface area contributed by atoms with Crippen molar-refractivity contribution >= 4 is 5.82 Å². The summed E-state index contributed by atoms with van der Waals surface area (Å²) >= 11 is 0. The van der Waals surface area contributed by atoms with Gasteiger partial charge in [0.25, 0.3) is 0 Å². The van der Waals surface area contributed by atoms with Gasteiger partial charge in [0.15, 0.2) is 5.69 Å². The third kappa shape index (κ3) is 5.19. The van der Waals surface area contributed by atoms with Crippen LogP contribution in [0.2, 0.25) is 0 Å². The monoisotopic (exact) mass is 273 g/mol. The number of anilines is 1. The quantitative estimate of drug-likeness (QED) is 0.676. The highest BCUT2D eigenvalue weighted by Crippen LogP contribution is 2.27. The Morgan fingerprint density at radius 1 is 1.00 bits per heavy atom. The highest BCUT2D eigenvalue weighted by molar-refractivity contribution is 5.33. The first-order chi connectivity index (χ1) is 8.18. The van der Waals surface area contributed by atoms with Crippen molar-refractivity contribution in [2.45, 2.75) is 25.2 Å². The molecule has 102 valence electrons. The molecule has 0 aromatic carbocycles. The molecule has 0 aliphatic rings. The second-order valence-electron chi connectivity index (χ2n) is 3.45. The van der Waals surface area contributed by atoms with E-state index >= 15 is 0 Å². The Labute approximate surface area is 98.2 Å². The largest absolute Gasteiger partial charge is 0.435 e. The van der Waals surface area contributed by atoms with Gasteiger partial charge in [-0.25, -0.2) is 0 Å². The maximum absolute atomic E-state index is 12.1. The number of hydrogen-bond donors (Lipinski definition) is 1. The maximum atomic E-state index is 12.1. The minimum Gasteiger partial charge on any atom is -0.369 e. The highest BCUT2D eigenvalue weighted by atomic mass is 19.4. The van der Waals surface area contributed by atoms with E-state index in [1.807, 2.05) is 0 Å². The van der Waals surface area contributed by atoms with Crippen molar-refractivity contribution in [2.24, 2.45) is 0 Å². The van der Waals surface area contributed by atoms with E-state index in [1.165, 1.54) is 0 Å². The van der Waals surface area contributed by atoms with E-state index in [4.69, 9.17) is 0 Å². The van der Waals surface area contributed by atoms with Gasteiger partial charge in [-0.2, -0.15) is 26.3 Å². The van der Waals surface area contributed by atoms with Crippen LogP contribution in [0.5, 0.6) is 0 Å². The van der Waals surface area contributed by atoms with Gasteiger partial charge in [0.05, 0.1) is 0 Å². The predicted molar refractivity (Wildman–Crippen MR) is 50.8 cm³/mol. The first kappa shape index (κ1) is 14.5. The molecule has 9 heteroatoms. The summed E-state index contributed by atoms with van der Waals surface area (Å²) < 4.78 is 71.7. The smallest absolute Gasteiger partial charge is 0.369 e. The molecule has 0 amide bonds. The third-order valence-corrected chi connectivity index (χ3v) is 1.90.